The lowest BCUT2D eigenvalue weighted by molar-refractivity contribution is -0.134. The SMILES string of the molecule is Cc1cccc(F)c1-c1cc(-n2ccc(N3CCCC(C(=O)N4CCCC4)C3)n2)c2c(n1)CNC2=O. The van der Waals surface area contributed by atoms with Crippen LogP contribution in [0.2, 0.25) is 0 Å². The number of anilines is 1. The van der Waals surface area contributed by atoms with Crippen LogP contribution in [0.5, 0.6) is 0 Å². The molecule has 2 aromatic heterocycles. The number of aryl methyl sites for hydroxylation is 1. The van der Waals surface area contributed by atoms with Crippen LogP contribution in [0.1, 0.15) is 47.3 Å². The normalized spacial score (nSPS) is 19.5. The Morgan fingerprint density at radius 1 is 1.11 bits per heavy atom. The third-order valence-electron chi connectivity index (χ3n) is 7.53. The number of hydrogen-bond donors (Lipinski definition) is 1. The highest BCUT2D eigenvalue weighted by Crippen LogP contribution is 2.32. The summed E-state index contributed by atoms with van der Waals surface area (Å²) in [5.41, 5.74) is 3.29. The molecule has 8 nitrogen and oxygen atoms in total. The smallest absolute Gasteiger partial charge is 0.255 e. The molecule has 2 saturated heterocycles. The van der Waals surface area contributed by atoms with E-state index in [1.165, 1.54) is 6.07 Å². The maximum atomic E-state index is 14.8. The standard InChI is InChI=1S/C27H29FN6O2/c1-17-6-4-8-19(28)24(17)20-14-22(25-21(30-20)15-29-26(25)35)34-13-9-23(31-34)33-12-5-7-18(16-33)27(36)32-10-2-3-11-32/h4,6,8-9,13-14,18H,2-3,5,7,10-12,15-16H2,1H3,(H,29,35). The number of amides is 2. The second kappa shape index (κ2) is 9.04. The zero-order valence-corrected chi connectivity index (χ0v) is 20.3. The Labute approximate surface area is 209 Å². The fourth-order valence-corrected chi connectivity index (χ4v) is 5.68. The summed E-state index contributed by atoms with van der Waals surface area (Å²) in [5, 5.41) is 7.63. The van der Waals surface area contributed by atoms with Gasteiger partial charge < -0.3 is 15.1 Å². The van der Waals surface area contributed by atoms with Gasteiger partial charge in [-0.25, -0.2) is 14.1 Å². The summed E-state index contributed by atoms with van der Waals surface area (Å²) in [4.78, 5) is 34.4. The van der Waals surface area contributed by atoms with E-state index in [9.17, 15) is 14.0 Å². The van der Waals surface area contributed by atoms with Gasteiger partial charge >= 0.3 is 0 Å². The summed E-state index contributed by atoms with van der Waals surface area (Å²) in [6.45, 7) is 5.34. The molecule has 36 heavy (non-hydrogen) atoms. The summed E-state index contributed by atoms with van der Waals surface area (Å²) in [5.74, 6) is 0.435. The summed E-state index contributed by atoms with van der Waals surface area (Å²) in [6, 6.07) is 8.59. The molecule has 3 aromatic rings. The van der Waals surface area contributed by atoms with Crippen LogP contribution < -0.4 is 10.2 Å². The highest BCUT2D eigenvalue weighted by molar-refractivity contribution is 6.01. The number of nitrogens with zero attached hydrogens (tertiary/aromatic N) is 5. The zero-order valence-electron chi connectivity index (χ0n) is 20.3. The number of benzene rings is 1. The molecule has 5 heterocycles. The van der Waals surface area contributed by atoms with Crippen LogP contribution in [-0.4, -0.2) is 57.7 Å². The molecular weight excluding hydrogens is 459 g/mol. The van der Waals surface area contributed by atoms with Gasteiger partial charge in [0.15, 0.2) is 5.82 Å². The third kappa shape index (κ3) is 3.92. The Morgan fingerprint density at radius 2 is 1.94 bits per heavy atom. The van der Waals surface area contributed by atoms with Crippen LogP contribution in [0.3, 0.4) is 0 Å². The largest absolute Gasteiger partial charge is 0.354 e. The molecule has 3 aliphatic rings. The summed E-state index contributed by atoms with van der Waals surface area (Å²) in [6.07, 6.45) is 5.83. The molecule has 1 N–H and O–H groups in total. The number of carbonyl (C=O) groups is 2. The lowest BCUT2D eigenvalue weighted by atomic mass is 9.96. The molecular formula is C27H29FN6O2. The first kappa shape index (κ1) is 22.7. The van der Waals surface area contributed by atoms with Crippen LogP contribution in [0.4, 0.5) is 10.2 Å². The number of aromatic nitrogens is 3. The second-order valence-electron chi connectivity index (χ2n) is 9.90. The number of piperidine rings is 1. The average molecular weight is 489 g/mol. The molecule has 6 rings (SSSR count). The first-order chi connectivity index (χ1) is 17.5. The molecule has 2 fully saturated rings. The van der Waals surface area contributed by atoms with Gasteiger partial charge in [-0.15, -0.1) is 0 Å². The van der Waals surface area contributed by atoms with Crippen molar-refractivity contribution in [1.29, 1.82) is 0 Å². The fourth-order valence-electron chi connectivity index (χ4n) is 5.68. The number of halogens is 1. The number of hydrogen-bond acceptors (Lipinski definition) is 5. The maximum Gasteiger partial charge on any atom is 0.255 e. The van der Waals surface area contributed by atoms with Crippen LogP contribution >= 0.6 is 0 Å². The summed E-state index contributed by atoms with van der Waals surface area (Å²) >= 11 is 0. The number of nitrogens with one attached hydrogen (secondary N) is 1. The van der Waals surface area contributed by atoms with Crippen LogP contribution in [0.25, 0.3) is 16.9 Å². The lowest BCUT2D eigenvalue weighted by Crippen LogP contribution is -2.44. The highest BCUT2D eigenvalue weighted by Gasteiger charge is 2.32. The molecule has 0 aliphatic carbocycles. The number of rotatable bonds is 4. The quantitative estimate of drug-likeness (QED) is 0.608. The van der Waals surface area contributed by atoms with E-state index >= 15 is 0 Å². The molecule has 0 radical (unpaired) electrons. The van der Waals surface area contributed by atoms with Gasteiger partial charge in [0, 0.05) is 44.0 Å². The van der Waals surface area contributed by atoms with E-state index in [4.69, 9.17) is 5.10 Å². The van der Waals surface area contributed by atoms with E-state index in [1.54, 1.807) is 16.8 Å². The molecule has 1 atom stereocenters. The fraction of sp³-hybridized carbons (Fsp3) is 0.407. The maximum absolute atomic E-state index is 14.8. The van der Waals surface area contributed by atoms with Gasteiger partial charge in [0.1, 0.15) is 5.82 Å². The molecule has 3 aliphatic heterocycles. The Bertz CT molecular complexity index is 1330. The van der Waals surface area contributed by atoms with Crippen molar-refractivity contribution in [3.05, 3.63) is 59.2 Å². The van der Waals surface area contributed by atoms with Crippen molar-refractivity contribution in [2.45, 2.75) is 39.2 Å². The molecule has 9 heteroatoms. The lowest BCUT2D eigenvalue weighted by Gasteiger charge is -2.34. The monoisotopic (exact) mass is 488 g/mol. The minimum absolute atomic E-state index is 0.0198. The minimum Gasteiger partial charge on any atom is -0.354 e. The number of fused-ring (bicyclic) bond motifs is 1. The molecule has 1 unspecified atom stereocenters. The van der Waals surface area contributed by atoms with Gasteiger partial charge in [0.05, 0.1) is 35.1 Å². The molecule has 0 bridgehead atoms. The minimum atomic E-state index is -0.353. The number of pyridine rings is 1. The number of likely N-dealkylation sites (tertiary alicyclic amines) is 1. The van der Waals surface area contributed by atoms with Crippen molar-refractivity contribution in [3.8, 4) is 16.9 Å². The van der Waals surface area contributed by atoms with Gasteiger partial charge in [-0.3, -0.25) is 9.59 Å². The van der Waals surface area contributed by atoms with Crippen molar-refractivity contribution < 1.29 is 14.0 Å². The first-order valence-electron chi connectivity index (χ1n) is 12.7. The van der Waals surface area contributed by atoms with E-state index in [0.717, 1.165) is 56.7 Å². The van der Waals surface area contributed by atoms with Crippen LogP contribution in [0, 0.1) is 18.7 Å². The van der Waals surface area contributed by atoms with Gasteiger partial charge in [-0.2, -0.15) is 5.10 Å². The van der Waals surface area contributed by atoms with Crippen molar-refractivity contribution in [2.24, 2.45) is 5.92 Å². The molecule has 186 valence electrons. The van der Waals surface area contributed by atoms with E-state index < -0.39 is 0 Å². The molecule has 2 amide bonds. The van der Waals surface area contributed by atoms with Gasteiger partial charge in [-0.1, -0.05) is 12.1 Å². The Morgan fingerprint density at radius 3 is 2.75 bits per heavy atom. The zero-order chi connectivity index (χ0) is 24.8. The summed E-state index contributed by atoms with van der Waals surface area (Å²) in [7, 11) is 0. The van der Waals surface area contributed by atoms with Crippen molar-refractivity contribution in [2.75, 3.05) is 31.1 Å². The van der Waals surface area contributed by atoms with Crippen molar-refractivity contribution in [3.63, 3.8) is 0 Å². The van der Waals surface area contributed by atoms with Gasteiger partial charge in [0.25, 0.3) is 5.91 Å². The van der Waals surface area contributed by atoms with Crippen LogP contribution in [0.15, 0.2) is 36.5 Å². The van der Waals surface area contributed by atoms with Gasteiger partial charge in [-0.05, 0) is 50.3 Å². The Balaban J connectivity index is 1.33. The Hall–Kier alpha value is -3.75. The number of carbonyl (C=O) groups excluding carboxylic acids is 2. The second-order valence-corrected chi connectivity index (χ2v) is 9.90. The predicted molar refractivity (Wildman–Crippen MR) is 133 cm³/mol. The predicted octanol–water partition coefficient (Wildman–Crippen LogP) is 3.46. The summed E-state index contributed by atoms with van der Waals surface area (Å²) < 4.78 is 16.4. The van der Waals surface area contributed by atoms with E-state index in [-0.39, 0.29) is 23.5 Å². The van der Waals surface area contributed by atoms with E-state index in [2.05, 4.69) is 15.2 Å². The van der Waals surface area contributed by atoms with Crippen molar-refractivity contribution in [1.82, 2.24) is 25.0 Å². The van der Waals surface area contributed by atoms with E-state index in [1.807, 2.05) is 30.2 Å². The van der Waals surface area contributed by atoms with E-state index in [0.29, 0.717) is 41.3 Å². The molecule has 0 spiro atoms. The molecule has 1 aromatic carbocycles. The Kier molecular flexibility index (Phi) is 5.70. The highest BCUT2D eigenvalue weighted by atomic mass is 19.1. The first-order valence-corrected chi connectivity index (χ1v) is 12.7. The molecule has 0 saturated carbocycles. The average Bonchev–Trinajstić information content (AvgIpc) is 3.65. The van der Waals surface area contributed by atoms with Crippen LogP contribution in [-0.2, 0) is 11.3 Å². The van der Waals surface area contributed by atoms with Gasteiger partial charge in [0.2, 0.25) is 5.91 Å². The topological polar surface area (TPSA) is 83.4 Å². The third-order valence-corrected chi connectivity index (χ3v) is 7.53. The van der Waals surface area contributed by atoms with Crippen molar-refractivity contribution >= 4 is 17.6 Å².